The van der Waals surface area contributed by atoms with Gasteiger partial charge in [-0.05, 0) is 19.1 Å². The molecule has 118 valence electrons. The van der Waals surface area contributed by atoms with Crippen molar-refractivity contribution >= 4 is 28.9 Å². The van der Waals surface area contributed by atoms with Crippen LogP contribution in [0.25, 0.3) is 11.0 Å². The van der Waals surface area contributed by atoms with E-state index in [1.807, 2.05) is 31.3 Å². The molecule has 0 fully saturated rings. The summed E-state index contributed by atoms with van der Waals surface area (Å²) in [6.45, 7) is 1.64. The van der Waals surface area contributed by atoms with E-state index in [-0.39, 0.29) is 11.5 Å². The van der Waals surface area contributed by atoms with Crippen LogP contribution in [0.2, 0.25) is 0 Å². The minimum Gasteiger partial charge on any atom is -0.478 e. The number of imidazole rings is 1. The number of nitrogens with one attached hydrogen (secondary N) is 1. The van der Waals surface area contributed by atoms with Gasteiger partial charge in [0.1, 0.15) is 6.04 Å². The Bertz CT molecular complexity index is 896. The number of rotatable bonds is 4. The summed E-state index contributed by atoms with van der Waals surface area (Å²) in [6.07, 6.45) is 2.53. The maximum absolute atomic E-state index is 12.3. The summed E-state index contributed by atoms with van der Waals surface area (Å²) in [4.78, 5) is 27.6. The van der Waals surface area contributed by atoms with Crippen LogP contribution in [0.5, 0.6) is 0 Å². The third kappa shape index (κ3) is 2.66. The van der Waals surface area contributed by atoms with Gasteiger partial charge >= 0.3 is 5.97 Å². The summed E-state index contributed by atoms with van der Waals surface area (Å²) in [7, 11) is 1.81. The number of aryl methyl sites for hydroxylation is 1. The number of aromatic nitrogens is 4. The molecule has 1 aromatic carbocycles. The van der Waals surface area contributed by atoms with Gasteiger partial charge in [0, 0.05) is 13.2 Å². The van der Waals surface area contributed by atoms with Gasteiger partial charge in [-0.15, -0.1) is 0 Å². The summed E-state index contributed by atoms with van der Waals surface area (Å²) in [5.74, 6) is -0.990. The topological polar surface area (TPSA) is 102 Å². The number of benzene rings is 1. The second-order valence-electron chi connectivity index (χ2n) is 5.16. The van der Waals surface area contributed by atoms with E-state index in [4.69, 9.17) is 5.11 Å². The highest BCUT2D eigenvalue weighted by atomic mass is 16.4. The number of carbonyl (C=O) groups is 2. The lowest BCUT2D eigenvalue weighted by Gasteiger charge is -2.12. The van der Waals surface area contributed by atoms with Gasteiger partial charge in [-0.1, -0.05) is 12.1 Å². The summed E-state index contributed by atoms with van der Waals surface area (Å²) in [6, 6.07) is 6.88. The molecule has 8 heteroatoms. The molecule has 2 heterocycles. The maximum Gasteiger partial charge on any atom is 0.338 e. The Kier molecular flexibility index (Phi) is 3.57. The molecule has 1 amide bonds. The molecule has 0 aliphatic carbocycles. The van der Waals surface area contributed by atoms with Crippen LogP contribution < -0.4 is 5.32 Å². The first-order chi connectivity index (χ1) is 11.0. The molecule has 2 N–H and O–H groups in total. The second-order valence-corrected chi connectivity index (χ2v) is 5.16. The van der Waals surface area contributed by atoms with Crippen molar-refractivity contribution in [1.29, 1.82) is 0 Å². The Hall–Kier alpha value is -3.16. The van der Waals surface area contributed by atoms with Crippen molar-refractivity contribution in [3.05, 3.63) is 42.2 Å². The van der Waals surface area contributed by atoms with Crippen LogP contribution in [0.15, 0.2) is 36.7 Å². The minimum absolute atomic E-state index is 0.0346. The number of hydrogen-bond acceptors (Lipinski definition) is 4. The highest BCUT2D eigenvalue weighted by Crippen LogP contribution is 2.18. The second kappa shape index (κ2) is 5.56. The van der Waals surface area contributed by atoms with Crippen LogP contribution in [0.4, 0.5) is 5.95 Å². The molecule has 1 atom stereocenters. The summed E-state index contributed by atoms with van der Waals surface area (Å²) in [5.41, 5.74) is 1.72. The first-order valence-electron chi connectivity index (χ1n) is 6.97. The minimum atomic E-state index is -1.08. The number of aromatic carboxylic acids is 1. The number of amides is 1. The normalized spacial score (nSPS) is 12.3. The molecule has 3 rings (SSSR count). The van der Waals surface area contributed by atoms with E-state index >= 15 is 0 Å². The number of carboxylic acid groups (broad SMARTS) is 1. The van der Waals surface area contributed by atoms with Gasteiger partial charge in [0.25, 0.3) is 5.91 Å². The maximum atomic E-state index is 12.3. The van der Waals surface area contributed by atoms with Crippen LogP contribution in [0, 0.1) is 0 Å². The average Bonchev–Trinajstić information content (AvgIpc) is 3.13. The van der Waals surface area contributed by atoms with E-state index in [0.29, 0.717) is 5.95 Å². The fraction of sp³-hybridized carbons (Fsp3) is 0.200. The smallest absolute Gasteiger partial charge is 0.338 e. The van der Waals surface area contributed by atoms with Crippen LogP contribution in [0.3, 0.4) is 0 Å². The zero-order valence-corrected chi connectivity index (χ0v) is 12.6. The summed E-state index contributed by atoms with van der Waals surface area (Å²) >= 11 is 0. The molecule has 23 heavy (non-hydrogen) atoms. The monoisotopic (exact) mass is 313 g/mol. The highest BCUT2D eigenvalue weighted by molar-refractivity contribution is 5.94. The van der Waals surface area contributed by atoms with Crippen molar-refractivity contribution in [3.8, 4) is 0 Å². The van der Waals surface area contributed by atoms with Crippen LogP contribution in [-0.2, 0) is 11.8 Å². The number of para-hydroxylation sites is 2. The summed E-state index contributed by atoms with van der Waals surface area (Å²) < 4.78 is 3.09. The summed E-state index contributed by atoms with van der Waals surface area (Å²) in [5, 5.41) is 15.6. The molecule has 0 saturated carbocycles. The lowest BCUT2D eigenvalue weighted by molar-refractivity contribution is -0.119. The van der Waals surface area contributed by atoms with Gasteiger partial charge in [0.15, 0.2) is 0 Å². The Morgan fingerprint density at radius 3 is 2.70 bits per heavy atom. The quantitative estimate of drug-likeness (QED) is 0.763. The van der Waals surface area contributed by atoms with Crippen molar-refractivity contribution in [2.75, 3.05) is 5.32 Å². The van der Waals surface area contributed by atoms with Gasteiger partial charge in [-0.3, -0.25) is 14.8 Å². The molecular weight excluding hydrogens is 298 g/mol. The standard InChI is InChI=1S/C15H15N5O3/c1-9(20-8-10(7-16-20)14(22)23)13(21)18-15-17-11-5-3-4-6-12(11)19(15)2/h3-9H,1-2H3,(H,22,23)(H,17,18,21). The highest BCUT2D eigenvalue weighted by Gasteiger charge is 2.19. The van der Waals surface area contributed by atoms with E-state index in [2.05, 4.69) is 15.4 Å². The molecule has 0 aliphatic rings. The van der Waals surface area contributed by atoms with E-state index in [9.17, 15) is 9.59 Å². The van der Waals surface area contributed by atoms with Gasteiger partial charge in [-0.25, -0.2) is 9.78 Å². The molecule has 1 unspecified atom stereocenters. The van der Waals surface area contributed by atoms with E-state index in [1.165, 1.54) is 17.1 Å². The Morgan fingerprint density at radius 2 is 2.04 bits per heavy atom. The van der Waals surface area contributed by atoms with Gasteiger partial charge in [0.2, 0.25) is 5.95 Å². The zero-order chi connectivity index (χ0) is 16.6. The Labute approximate surface area is 131 Å². The van der Waals surface area contributed by atoms with E-state index < -0.39 is 12.0 Å². The number of nitrogens with zero attached hydrogens (tertiary/aromatic N) is 4. The zero-order valence-electron chi connectivity index (χ0n) is 12.6. The lowest BCUT2D eigenvalue weighted by Crippen LogP contribution is -2.25. The number of hydrogen-bond donors (Lipinski definition) is 2. The largest absolute Gasteiger partial charge is 0.478 e. The lowest BCUT2D eigenvalue weighted by atomic mass is 10.3. The first-order valence-corrected chi connectivity index (χ1v) is 6.97. The van der Waals surface area contributed by atoms with Crippen LogP contribution in [0.1, 0.15) is 23.3 Å². The Balaban J connectivity index is 1.82. The average molecular weight is 313 g/mol. The molecule has 0 radical (unpaired) electrons. The number of fused-ring (bicyclic) bond motifs is 1. The van der Waals surface area contributed by atoms with Crippen molar-refractivity contribution in [1.82, 2.24) is 19.3 Å². The predicted octanol–water partition coefficient (Wildman–Crippen LogP) is 1.67. The Morgan fingerprint density at radius 1 is 1.30 bits per heavy atom. The molecule has 8 nitrogen and oxygen atoms in total. The van der Waals surface area contributed by atoms with Crippen LogP contribution >= 0.6 is 0 Å². The van der Waals surface area contributed by atoms with Crippen molar-refractivity contribution in [2.45, 2.75) is 13.0 Å². The van der Waals surface area contributed by atoms with E-state index in [1.54, 1.807) is 11.5 Å². The molecule has 2 aromatic heterocycles. The van der Waals surface area contributed by atoms with Gasteiger partial charge in [0.05, 0.1) is 22.8 Å². The first kappa shape index (κ1) is 14.8. The van der Waals surface area contributed by atoms with Crippen LogP contribution in [-0.4, -0.2) is 36.3 Å². The molecule has 3 aromatic rings. The molecule has 0 spiro atoms. The SMILES string of the molecule is CC(C(=O)Nc1nc2ccccc2n1C)n1cc(C(=O)O)cn1. The van der Waals surface area contributed by atoms with Gasteiger partial charge in [-0.2, -0.15) is 5.10 Å². The van der Waals surface area contributed by atoms with Crippen molar-refractivity contribution in [2.24, 2.45) is 7.05 Å². The number of carboxylic acids is 1. The fourth-order valence-electron chi connectivity index (χ4n) is 2.25. The number of carbonyl (C=O) groups excluding carboxylic acids is 1. The fourth-order valence-corrected chi connectivity index (χ4v) is 2.25. The molecule has 0 bridgehead atoms. The third-order valence-corrected chi connectivity index (χ3v) is 3.65. The number of anilines is 1. The molecule has 0 aliphatic heterocycles. The predicted molar refractivity (Wildman–Crippen MR) is 83.2 cm³/mol. The van der Waals surface area contributed by atoms with Crippen molar-refractivity contribution in [3.63, 3.8) is 0 Å². The molecular formula is C15H15N5O3. The third-order valence-electron chi connectivity index (χ3n) is 3.65. The molecule has 0 saturated heterocycles. The van der Waals surface area contributed by atoms with Gasteiger partial charge < -0.3 is 9.67 Å². The van der Waals surface area contributed by atoms with Crippen molar-refractivity contribution < 1.29 is 14.7 Å². The van der Waals surface area contributed by atoms with E-state index in [0.717, 1.165) is 11.0 Å².